The first-order valence-electron chi connectivity index (χ1n) is 6.01. The maximum atomic E-state index is 13.7. The number of nitrogens with one attached hydrogen (secondary N) is 1. The molecule has 0 aromatic heterocycles. The summed E-state index contributed by atoms with van der Waals surface area (Å²) >= 11 is 2.30. The predicted octanol–water partition coefficient (Wildman–Crippen LogP) is 3.60. The number of hydrogen-bond acceptors (Lipinski definition) is 2. The number of aryl methyl sites for hydroxylation is 2. The van der Waals surface area contributed by atoms with E-state index in [0.29, 0.717) is 5.56 Å². The topological polar surface area (TPSA) is 38.0 Å². The summed E-state index contributed by atoms with van der Waals surface area (Å²) in [5.41, 5.74) is 6.49. The lowest BCUT2D eigenvalue weighted by atomic mass is 9.97. The summed E-state index contributed by atoms with van der Waals surface area (Å²) in [7, 11) is 0. The molecule has 0 saturated heterocycles. The van der Waals surface area contributed by atoms with Gasteiger partial charge in [0.25, 0.3) is 0 Å². The SMILES string of the molecule is Cc1ccc(C(NN)c2cccc(C)c2I)cc1F. The second kappa shape index (κ2) is 5.98. The molecular formula is C15H16FIN2. The molecule has 0 aliphatic carbocycles. The van der Waals surface area contributed by atoms with E-state index in [-0.39, 0.29) is 11.9 Å². The van der Waals surface area contributed by atoms with E-state index in [1.807, 2.05) is 18.2 Å². The summed E-state index contributed by atoms with van der Waals surface area (Å²) in [6.45, 7) is 3.80. The average Bonchev–Trinajstić information content (AvgIpc) is 2.39. The molecule has 2 rings (SSSR count). The summed E-state index contributed by atoms with van der Waals surface area (Å²) in [6, 6.07) is 11.1. The van der Waals surface area contributed by atoms with Gasteiger partial charge in [0, 0.05) is 3.57 Å². The van der Waals surface area contributed by atoms with Crippen molar-refractivity contribution < 1.29 is 4.39 Å². The van der Waals surface area contributed by atoms with Crippen LogP contribution in [-0.2, 0) is 0 Å². The van der Waals surface area contributed by atoms with Gasteiger partial charge in [-0.2, -0.15) is 0 Å². The summed E-state index contributed by atoms with van der Waals surface area (Å²) in [4.78, 5) is 0. The van der Waals surface area contributed by atoms with E-state index in [2.05, 4.69) is 41.0 Å². The van der Waals surface area contributed by atoms with E-state index >= 15 is 0 Å². The summed E-state index contributed by atoms with van der Waals surface area (Å²) in [6.07, 6.45) is 0. The molecule has 100 valence electrons. The van der Waals surface area contributed by atoms with Gasteiger partial charge < -0.3 is 0 Å². The fourth-order valence-corrected chi connectivity index (χ4v) is 2.72. The van der Waals surface area contributed by atoms with Crippen LogP contribution < -0.4 is 11.3 Å². The number of nitrogens with two attached hydrogens (primary N) is 1. The molecule has 0 saturated carbocycles. The van der Waals surface area contributed by atoms with Crippen molar-refractivity contribution >= 4 is 22.6 Å². The Bertz CT molecular complexity index is 599. The molecule has 0 radical (unpaired) electrons. The van der Waals surface area contributed by atoms with Crippen molar-refractivity contribution in [1.82, 2.24) is 5.43 Å². The van der Waals surface area contributed by atoms with Gasteiger partial charge in [-0.05, 0) is 64.8 Å². The van der Waals surface area contributed by atoms with Crippen molar-refractivity contribution in [2.24, 2.45) is 5.84 Å². The van der Waals surface area contributed by atoms with Crippen molar-refractivity contribution in [1.29, 1.82) is 0 Å². The molecule has 0 spiro atoms. The van der Waals surface area contributed by atoms with Crippen LogP contribution >= 0.6 is 22.6 Å². The third-order valence-electron chi connectivity index (χ3n) is 3.23. The summed E-state index contributed by atoms with van der Waals surface area (Å²) in [5.74, 6) is 5.46. The monoisotopic (exact) mass is 370 g/mol. The molecule has 2 aromatic rings. The van der Waals surface area contributed by atoms with Crippen molar-refractivity contribution in [2.45, 2.75) is 19.9 Å². The largest absolute Gasteiger partial charge is 0.271 e. The van der Waals surface area contributed by atoms with Crippen molar-refractivity contribution in [3.8, 4) is 0 Å². The van der Waals surface area contributed by atoms with Crippen molar-refractivity contribution in [3.63, 3.8) is 0 Å². The third kappa shape index (κ3) is 2.96. The van der Waals surface area contributed by atoms with Gasteiger partial charge in [0.1, 0.15) is 5.82 Å². The first-order chi connectivity index (χ1) is 9.04. The normalized spacial score (nSPS) is 12.5. The number of halogens is 2. The first kappa shape index (κ1) is 14.4. The molecule has 19 heavy (non-hydrogen) atoms. The van der Waals surface area contributed by atoms with E-state index in [9.17, 15) is 4.39 Å². The van der Waals surface area contributed by atoms with Crippen LogP contribution in [0, 0.1) is 23.2 Å². The Morgan fingerprint density at radius 2 is 1.89 bits per heavy atom. The highest BCUT2D eigenvalue weighted by Crippen LogP contribution is 2.28. The van der Waals surface area contributed by atoms with E-state index in [4.69, 9.17) is 5.84 Å². The molecule has 1 atom stereocenters. The van der Waals surface area contributed by atoms with Crippen LogP contribution in [0.3, 0.4) is 0 Å². The molecule has 0 heterocycles. The van der Waals surface area contributed by atoms with Crippen molar-refractivity contribution in [3.05, 3.63) is 68.0 Å². The molecule has 0 aliphatic rings. The second-order valence-corrected chi connectivity index (χ2v) is 5.67. The Morgan fingerprint density at radius 3 is 2.53 bits per heavy atom. The fraction of sp³-hybridized carbons (Fsp3) is 0.200. The summed E-state index contributed by atoms with van der Waals surface area (Å²) in [5, 5.41) is 0. The lowest BCUT2D eigenvalue weighted by Crippen LogP contribution is -2.29. The maximum Gasteiger partial charge on any atom is 0.126 e. The van der Waals surface area contributed by atoms with Gasteiger partial charge in [0.05, 0.1) is 6.04 Å². The smallest absolute Gasteiger partial charge is 0.126 e. The van der Waals surface area contributed by atoms with Crippen molar-refractivity contribution in [2.75, 3.05) is 0 Å². The Labute approximate surface area is 126 Å². The van der Waals surface area contributed by atoms with Crippen LogP contribution in [0.4, 0.5) is 4.39 Å². The molecule has 4 heteroatoms. The molecule has 0 aliphatic heterocycles. The Morgan fingerprint density at radius 1 is 1.16 bits per heavy atom. The van der Waals surface area contributed by atoms with Gasteiger partial charge in [0.2, 0.25) is 0 Å². The van der Waals surface area contributed by atoms with E-state index in [1.54, 1.807) is 13.0 Å². The number of hydrazine groups is 1. The van der Waals surface area contributed by atoms with Crippen LogP contribution in [0.5, 0.6) is 0 Å². The molecule has 2 nitrogen and oxygen atoms in total. The van der Waals surface area contributed by atoms with Gasteiger partial charge in [0.15, 0.2) is 0 Å². The Kier molecular flexibility index (Phi) is 4.54. The zero-order valence-corrected chi connectivity index (χ0v) is 13.0. The lowest BCUT2D eigenvalue weighted by molar-refractivity contribution is 0.598. The number of hydrogen-bond donors (Lipinski definition) is 2. The molecule has 0 fully saturated rings. The number of rotatable bonds is 3. The molecular weight excluding hydrogens is 354 g/mol. The quantitative estimate of drug-likeness (QED) is 0.492. The van der Waals surface area contributed by atoms with E-state index in [1.165, 1.54) is 11.6 Å². The van der Waals surface area contributed by atoms with Gasteiger partial charge in [-0.25, -0.2) is 9.82 Å². The highest BCUT2D eigenvalue weighted by Gasteiger charge is 2.17. The second-order valence-electron chi connectivity index (χ2n) is 4.59. The average molecular weight is 370 g/mol. The molecule has 0 amide bonds. The fourth-order valence-electron chi connectivity index (χ4n) is 2.05. The minimum atomic E-state index is -0.208. The Balaban J connectivity index is 2.50. The highest BCUT2D eigenvalue weighted by atomic mass is 127. The molecule has 3 N–H and O–H groups in total. The summed E-state index contributed by atoms with van der Waals surface area (Å²) < 4.78 is 14.8. The van der Waals surface area contributed by atoms with Gasteiger partial charge in [-0.1, -0.05) is 30.3 Å². The number of benzene rings is 2. The Hall–Kier alpha value is -0.980. The lowest BCUT2D eigenvalue weighted by Gasteiger charge is -2.19. The van der Waals surface area contributed by atoms with Crippen LogP contribution in [0.15, 0.2) is 36.4 Å². The van der Waals surface area contributed by atoms with Gasteiger partial charge >= 0.3 is 0 Å². The minimum Gasteiger partial charge on any atom is -0.271 e. The predicted molar refractivity (Wildman–Crippen MR) is 84.2 cm³/mol. The van der Waals surface area contributed by atoms with Crippen LogP contribution in [0.25, 0.3) is 0 Å². The zero-order valence-electron chi connectivity index (χ0n) is 10.9. The van der Waals surface area contributed by atoms with Crippen LogP contribution in [-0.4, -0.2) is 0 Å². The molecule has 0 bridgehead atoms. The third-order valence-corrected chi connectivity index (χ3v) is 4.70. The minimum absolute atomic E-state index is 0.207. The van der Waals surface area contributed by atoms with Crippen LogP contribution in [0.1, 0.15) is 28.3 Å². The first-order valence-corrected chi connectivity index (χ1v) is 7.09. The van der Waals surface area contributed by atoms with E-state index in [0.717, 1.165) is 14.7 Å². The van der Waals surface area contributed by atoms with Gasteiger partial charge in [-0.15, -0.1) is 0 Å². The molecule has 2 aromatic carbocycles. The van der Waals surface area contributed by atoms with Crippen LogP contribution in [0.2, 0.25) is 0 Å². The standard InChI is InChI=1S/C15H16FIN2/c1-9-6-7-11(8-13(9)16)15(19-18)12-5-3-4-10(2)14(12)17/h3-8,15,19H,18H2,1-2H3. The molecule has 1 unspecified atom stereocenters. The highest BCUT2D eigenvalue weighted by molar-refractivity contribution is 14.1. The maximum absolute atomic E-state index is 13.7. The van der Waals surface area contributed by atoms with Gasteiger partial charge in [-0.3, -0.25) is 5.84 Å². The van der Waals surface area contributed by atoms with E-state index < -0.39 is 0 Å². The zero-order chi connectivity index (χ0) is 14.0.